The second kappa shape index (κ2) is 13.0. The van der Waals surface area contributed by atoms with Crippen LogP contribution in [0.5, 0.6) is 5.75 Å². The summed E-state index contributed by atoms with van der Waals surface area (Å²) in [6.07, 6.45) is 5.83. The molecule has 2 aromatic carbocycles. The quantitative estimate of drug-likeness (QED) is 0.311. The van der Waals surface area contributed by atoms with E-state index in [-0.39, 0.29) is 11.5 Å². The first-order valence-corrected chi connectivity index (χ1v) is 12.5. The number of nitrogens with zero attached hydrogens (tertiary/aromatic N) is 3. The highest BCUT2D eigenvalue weighted by Crippen LogP contribution is 2.28. The summed E-state index contributed by atoms with van der Waals surface area (Å²) in [4.78, 5) is 33.8. The number of hydrogen-bond donors (Lipinski definition) is 0. The fourth-order valence-corrected chi connectivity index (χ4v) is 4.36. The molecule has 1 unspecified atom stereocenters. The molecule has 0 bridgehead atoms. The van der Waals surface area contributed by atoms with Gasteiger partial charge in [0.25, 0.3) is 5.56 Å². The normalized spacial score (nSPS) is 12.0. The number of unbranched alkanes of at least 4 members (excludes halogenated alkanes) is 4. The molecule has 0 saturated carbocycles. The van der Waals surface area contributed by atoms with E-state index >= 15 is 0 Å². The minimum absolute atomic E-state index is 0.0417. The molecule has 7 heteroatoms. The van der Waals surface area contributed by atoms with E-state index in [0.717, 1.165) is 19.3 Å². The predicted octanol–water partition coefficient (Wildman–Crippen LogP) is 5.29. The van der Waals surface area contributed by atoms with Crippen molar-refractivity contribution in [1.82, 2.24) is 14.5 Å². The molecular formula is C28H37N3O4. The van der Waals surface area contributed by atoms with Crippen molar-refractivity contribution in [3.63, 3.8) is 0 Å². The molecule has 1 aromatic heterocycles. The van der Waals surface area contributed by atoms with Crippen LogP contribution in [0.15, 0.2) is 53.3 Å². The van der Waals surface area contributed by atoms with Gasteiger partial charge in [-0.3, -0.25) is 14.2 Å². The highest BCUT2D eigenvalue weighted by Gasteiger charge is 2.27. The number of benzene rings is 2. The number of para-hydroxylation sites is 3. The molecule has 0 spiro atoms. The van der Waals surface area contributed by atoms with Crippen molar-refractivity contribution < 1.29 is 14.3 Å². The Balaban J connectivity index is 2.07. The molecule has 0 N–H and O–H groups in total. The van der Waals surface area contributed by atoms with Crippen molar-refractivity contribution in [3.8, 4) is 11.4 Å². The van der Waals surface area contributed by atoms with E-state index in [4.69, 9.17) is 14.5 Å². The maximum absolute atomic E-state index is 13.7. The summed E-state index contributed by atoms with van der Waals surface area (Å²) in [6, 6.07) is 14.2. The average molecular weight is 480 g/mol. The first-order valence-electron chi connectivity index (χ1n) is 12.5. The van der Waals surface area contributed by atoms with Gasteiger partial charge in [-0.15, -0.1) is 0 Å². The van der Waals surface area contributed by atoms with E-state index in [2.05, 4.69) is 6.92 Å². The third-order valence-corrected chi connectivity index (χ3v) is 6.32. The van der Waals surface area contributed by atoms with Crippen molar-refractivity contribution in [1.29, 1.82) is 0 Å². The lowest BCUT2D eigenvalue weighted by atomic mass is 10.1. The third-order valence-electron chi connectivity index (χ3n) is 6.32. The van der Waals surface area contributed by atoms with Crippen LogP contribution >= 0.6 is 0 Å². The molecule has 188 valence electrons. The molecule has 0 aliphatic heterocycles. The molecule has 35 heavy (non-hydrogen) atoms. The molecule has 0 radical (unpaired) electrons. The zero-order valence-corrected chi connectivity index (χ0v) is 21.3. The summed E-state index contributed by atoms with van der Waals surface area (Å²) in [5, 5.41) is 0.514. The summed E-state index contributed by atoms with van der Waals surface area (Å²) in [5.41, 5.74) is 1.00. The molecule has 0 aliphatic carbocycles. The highest BCUT2D eigenvalue weighted by atomic mass is 16.5. The van der Waals surface area contributed by atoms with Crippen LogP contribution in [-0.2, 0) is 9.53 Å². The zero-order valence-electron chi connectivity index (χ0n) is 21.3. The van der Waals surface area contributed by atoms with Crippen molar-refractivity contribution in [3.05, 3.63) is 64.7 Å². The fourth-order valence-electron chi connectivity index (χ4n) is 4.36. The van der Waals surface area contributed by atoms with Gasteiger partial charge >= 0.3 is 0 Å². The monoisotopic (exact) mass is 479 g/mol. The Hall–Kier alpha value is -3.19. The number of carbonyl (C=O) groups excluding carboxylic acids is 1. The number of amides is 1. The van der Waals surface area contributed by atoms with Gasteiger partial charge in [0.1, 0.15) is 11.6 Å². The van der Waals surface area contributed by atoms with Gasteiger partial charge in [0, 0.05) is 20.1 Å². The highest BCUT2D eigenvalue weighted by molar-refractivity contribution is 5.79. The standard InChI is InChI=1S/C28H37N3O4/c1-5-6-7-8-9-18-26(32)30(19-20-34-3)21(2)27-29-23-15-11-10-14-22(23)28(33)31(27)24-16-12-13-17-25(24)35-4/h10-17,21H,5-9,18-20H2,1-4H3. The predicted molar refractivity (Wildman–Crippen MR) is 139 cm³/mol. The van der Waals surface area contributed by atoms with E-state index in [1.54, 1.807) is 29.8 Å². The Morgan fingerprint density at radius 1 is 1.03 bits per heavy atom. The van der Waals surface area contributed by atoms with Crippen LogP contribution < -0.4 is 10.3 Å². The van der Waals surface area contributed by atoms with Crippen LogP contribution in [0.1, 0.15) is 64.2 Å². The summed E-state index contributed by atoms with van der Waals surface area (Å²) in [7, 11) is 3.20. The lowest BCUT2D eigenvalue weighted by Gasteiger charge is -2.30. The minimum Gasteiger partial charge on any atom is -0.495 e. The van der Waals surface area contributed by atoms with Crippen LogP contribution in [0.4, 0.5) is 0 Å². The number of ether oxygens (including phenoxy) is 2. The first kappa shape index (κ1) is 26.4. The van der Waals surface area contributed by atoms with E-state index in [9.17, 15) is 9.59 Å². The zero-order chi connectivity index (χ0) is 25.2. The van der Waals surface area contributed by atoms with E-state index < -0.39 is 6.04 Å². The average Bonchev–Trinajstić information content (AvgIpc) is 2.88. The minimum atomic E-state index is -0.449. The Morgan fingerprint density at radius 3 is 2.49 bits per heavy atom. The van der Waals surface area contributed by atoms with Crippen LogP contribution in [-0.4, -0.2) is 47.7 Å². The second-order valence-corrected chi connectivity index (χ2v) is 8.72. The Kier molecular flexibility index (Phi) is 9.85. The van der Waals surface area contributed by atoms with Gasteiger partial charge in [-0.05, 0) is 37.6 Å². The SMILES string of the molecule is CCCCCCCC(=O)N(CCOC)C(C)c1nc2ccccc2c(=O)n1-c1ccccc1OC. The molecule has 1 heterocycles. The number of aromatic nitrogens is 2. The smallest absolute Gasteiger partial charge is 0.266 e. The topological polar surface area (TPSA) is 73.7 Å². The van der Waals surface area contributed by atoms with Crippen LogP contribution in [0, 0.1) is 0 Å². The Bertz CT molecular complexity index is 1170. The van der Waals surface area contributed by atoms with Crippen LogP contribution in [0.25, 0.3) is 16.6 Å². The van der Waals surface area contributed by atoms with Crippen LogP contribution in [0.3, 0.4) is 0 Å². The molecule has 3 rings (SSSR count). The fraction of sp³-hybridized carbons (Fsp3) is 0.464. The van der Waals surface area contributed by atoms with E-state index in [0.29, 0.717) is 47.7 Å². The molecule has 0 fully saturated rings. The maximum atomic E-state index is 13.7. The maximum Gasteiger partial charge on any atom is 0.266 e. The summed E-state index contributed by atoms with van der Waals surface area (Å²) in [6.45, 7) is 4.92. The van der Waals surface area contributed by atoms with Crippen molar-refractivity contribution >= 4 is 16.8 Å². The number of methoxy groups -OCH3 is 2. The molecular weight excluding hydrogens is 442 g/mol. The second-order valence-electron chi connectivity index (χ2n) is 8.72. The van der Waals surface area contributed by atoms with E-state index in [1.807, 2.05) is 49.4 Å². The van der Waals surface area contributed by atoms with Crippen LogP contribution in [0.2, 0.25) is 0 Å². The van der Waals surface area contributed by atoms with Gasteiger partial charge in [-0.25, -0.2) is 4.98 Å². The lowest BCUT2D eigenvalue weighted by Crippen LogP contribution is -2.39. The van der Waals surface area contributed by atoms with Gasteiger partial charge in [-0.2, -0.15) is 0 Å². The van der Waals surface area contributed by atoms with Gasteiger partial charge in [0.2, 0.25) is 5.91 Å². The van der Waals surface area contributed by atoms with Gasteiger partial charge < -0.3 is 14.4 Å². The number of fused-ring (bicyclic) bond motifs is 1. The molecule has 1 amide bonds. The van der Waals surface area contributed by atoms with Gasteiger partial charge in [0.15, 0.2) is 0 Å². The largest absolute Gasteiger partial charge is 0.495 e. The molecule has 0 aliphatic rings. The van der Waals surface area contributed by atoms with E-state index in [1.165, 1.54) is 12.8 Å². The molecule has 3 aromatic rings. The summed E-state index contributed by atoms with van der Waals surface area (Å²) in [5.74, 6) is 1.10. The first-order chi connectivity index (χ1) is 17.0. The third kappa shape index (κ3) is 6.28. The van der Waals surface area contributed by atoms with Gasteiger partial charge in [0.05, 0.1) is 36.3 Å². The summed E-state index contributed by atoms with van der Waals surface area (Å²) < 4.78 is 12.5. The molecule has 0 saturated heterocycles. The van der Waals surface area contributed by atoms with Crippen molar-refractivity contribution in [2.75, 3.05) is 27.4 Å². The lowest BCUT2D eigenvalue weighted by molar-refractivity contribution is -0.134. The number of rotatable bonds is 13. The number of carbonyl (C=O) groups is 1. The Labute approximate surface area is 207 Å². The molecule has 7 nitrogen and oxygen atoms in total. The van der Waals surface area contributed by atoms with Crippen molar-refractivity contribution in [2.24, 2.45) is 0 Å². The summed E-state index contributed by atoms with van der Waals surface area (Å²) >= 11 is 0. The van der Waals surface area contributed by atoms with Gasteiger partial charge in [-0.1, -0.05) is 56.9 Å². The number of hydrogen-bond acceptors (Lipinski definition) is 5. The van der Waals surface area contributed by atoms with Crippen molar-refractivity contribution in [2.45, 2.75) is 58.4 Å². The Morgan fingerprint density at radius 2 is 1.74 bits per heavy atom. The molecule has 1 atom stereocenters.